The number of anilines is 1. The number of nitrogens with one attached hydrogen (secondary N) is 1. The molecule has 0 spiro atoms. The van der Waals surface area contributed by atoms with Crippen molar-refractivity contribution in [2.24, 2.45) is 5.92 Å². The molecule has 2 fully saturated rings. The first kappa shape index (κ1) is 20.1. The zero-order valence-corrected chi connectivity index (χ0v) is 17.6. The Balaban J connectivity index is 1.21. The Morgan fingerprint density at radius 3 is 2.62 bits per heavy atom. The van der Waals surface area contributed by atoms with Crippen LogP contribution in [0.15, 0.2) is 36.5 Å². The molecule has 2 aliphatic rings. The monoisotopic (exact) mass is 394 g/mol. The minimum absolute atomic E-state index is 0.202. The van der Waals surface area contributed by atoms with Crippen LogP contribution in [0.1, 0.15) is 45.4 Å². The first-order valence-electron chi connectivity index (χ1n) is 11.3. The van der Waals surface area contributed by atoms with Gasteiger partial charge in [0, 0.05) is 55.9 Å². The van der Waals surface area contributed by atoms with E-state index in [1.165, 1.54) is 36.9 Å². The molecule has 1 saturated carbocycles. The maximum absolute atomic E-state index is 11.6. The van der Waals surface area contributed by atoms with Gasteiger partial charge in [-0.2, -0.15) is 0 Å². The van der Waals surface area contributed by atoms with Crippen LogP contribution in [0.4, 0.5) is 5.69 Å². The fraction of sp³-hybridized carbons (Fsp3) is 0.583. The average molecular weight is 395 g/mol. The lowest BCUT2D eigenvalue weighted by Crippen LogP contribution is -2.47. The number of hydrogen-bond donors (Lipinski definition) is 1. The highest BCUT2D eigenvalue weighted by Gasteiger charge is 2.24. The molecule has 1 amide bonds. The number of fused-ring (bicyclic) bond motifs is 1. The predicted octanol–water partition coefficient (Wildman–Crippen LogP) is 3.83. The van der Waals surface area contributed by atoms with E-state index in [1.807, 2.05) is 19.2 Å². The van der Waals surface area contributed by atoms with Crippen LogP contribution in [-0.4, -0.2) is 54.6 Å². The van der Waals surface area contributed by atoms with Crippen molar-refractivity contribution in [3.63, 3.8) is 0 Å². The Kier molecular flexibility index (Phi) is 6.65. The molecule has 1 N–H and O–H groups in total. The fourth-order valence-electron chi connectivity index (χ4n) is 4.87. The van der Waals surface area contributed by atoms with E-state index >= 15 is 0 Å². The van der Waals surface area contributed by atoms with Gasteiger partial charge in [0.1, 0.15) is 0 Å². The van der Waals surface area contributed by atoms with E-state index in [-0.39, 0.29) is 5.91 Å². The number of carbonyl (C=O) groups excluding carboxylic acids is 1. The fourth-order valence-corrected chi connectivity index (χ4v) is 4.87. The molecule has 4 rings (SSSR count). The molecule has 156 valence electrons. The van der Waals surface area contributed by atoms with Crippen LogP contribution >= 0.6 is 0 Å². The third-order valence-corrected chi connectivity index (χ3v) is 6.72. The molecular formula is C24H34N4O. The molecule has 0 unspecified atom stereocenters. The van der Waals surface area contributed by atoms with Gasteiger partial charge in [0.05, 0.1) is 5.52 Å². The Labute approximate surface area is 174 Å². The van der Waals surface area contributed by atoms with E-state index in [0.29, 0.717) is 12.5 Å². The van der Waals surface area contributed by atoms with Gasteiger partial charge in [-0.3, -0.25) is 14.7 Å². The normalized spacial score (nSPS) is 23.3. The third kappa shape index (κ3) is 5.08. The number of rotatable bonds is 6. The average Bonchev–Trinajstić information content (AvgIpc) is 2.78. The molecule has 0 atom stereocenters. The molecule has 0 radical (unpaired) electrons. The smallest absolute Gasteiger partial charge is 0.219 e. The highest BCUT2D eigenvalue weighted by molar-refractivity contribution is 5.91. The predicted molar refractivity (Wildman–Crippen MR) is 119 cm³/mol. The van der Waals surface area contributed by atoms with Gasteiger partial charge in [0.2, 0.25) is 5.91 Å². The summed E-state index contributed by atoms with van der Waals surface area (Å²) in [5.41, 5.74) is 2.40. The number of pyridine rings is 1. The molecule has 5 nitrogen and oxygen atoms in total. The van der Waals surface area contributed by atoms with Crippen molar-refractivity contribution >= 4 is 22.5 Å². The number of nitrogens with zero attached hydrogens (tertiary/aromatic N) is 3. The van der Waals surface area contributed by atoms with E-state index < -0.39 is 0 Å². The van der Waals surface area contributed by atoms with Gasteiger partial charge < -0.3 is 10.2 Å². The number of hydrogen-bond acceptors (Lipinski definition) is 4. The summed E-state index contributed by atoms with van der Waals surface area (Å²) in [6.07, 6.45) is 8.59. The molecule has 1 aliphatic carbocycles. The number of carbonyl (C=O) groups is 1. The topological polar surface area (TPSA) is 48.5 Å². The Hall–Kier alpha value is -2.14. The molecule has 2 heterocycles. The molecule has 1 aliphatic heterocycles. The molecule has 0 bridgehead atoms. The van der Waals surface area contributed by atoms with E-state index in [2.05, 4.69) is 44.4 Å². The summed E-state index contributed by atoms with van der Waals surface area (Å²) in [5.74, 6) is 1.03. The van der Waals surface area contributed by atoms with Gasteiger partial charge in [-0.1, -0.05) is 13.0 Å². The van der Waals surface area contributed by atoms with Crippen molar-refractivity contribution in [1.29, 1.82) is 0 Å². The lowest BCUT2D eigenvalue weighted by molar-refractivity contribution is -0.121. The summed E-state index contributed by atoms with van der Waals surface area (Å²) >= 11 is 0. The maximum Gasteiger partial charge on any atom is 0.219 e. The highest BCUT2D eigenvalue weighted by Crippen LogP contribution is 2.28. The second-order valence-corrected chi connectivity index (χ2v) is 8.60. The van der Waals surface area contributed by atoms with Gasteiger partial charge in [0.25, 0.3) is 0 Å². The molecule has 1 saturated heterocycles. The number of piperazine rings is 1. The van der Waals surface area contributed by atoms with E-state index in [1.54, 1.807) is 0 Å². The lowest BCUT2D eigenvalue weighted by atomic mass is 9.84. The van der Waals surface area contributed by atoms with E-state index in [4.69, 9.17) is 0 Å². The third-order valence-electron chi connectivity index (χ3n) is 6.72. The van der Waals surface area contributed by atoms with Crippen LogP contribution in [0.5, 0.6) is 0 Å². The van der Waals surface area contributed by atoms with Gasteiger partial charge in [-0.05, 0) is 68.8 Å². The minimum Gasteiger partial charge on any atom is -0.368 e. The van der Waals surface area contributed by atoms with Gasteiger partial charge >= 0.3 is 0 Å². The van der Waals surface area contributed by atoms with Crippen LogP contribution in [0.3, 0.4) is 0 Å². The minimum atomic E-state index is 0.202. The molecule has 29 heavy (non-hydrogen) atoms. The van der Waals surface area contributed by atoms with Gasteiger partial charge in [-0.15, -0.1) is 0 Å². The van der Waals surface area contributed by atoms with E-state index in [0.717, 1.165) is 50.5 Å². The summed E-state index contributed by atoms with van der Waals surface area (Å²) < 4.78 is 0. The number of amides is 1. The number of benzene rings is 1. The molecule has 1 aromatic heterocycles. The molecule has 5 heteroatoms. The first-order valence-corrected chi connectivity index (χ1v) is 11.3. The van der Waals surface area contributed by atoms with Crippen LogP contribution in [0.25, 0.3) is 10.9 Å². The van der Waals surface area contributed by atoms with E-state index in [9.17, 15) is 4.79 Å². The second kappa shape index (κ2) is 9.57. The van der Waals surface area contributed by atoms with Crippen LogP contribution in [0, 0.1) is 5.92 Å². The summed E-state index contributed by atoms with van der Waals surface area (Å²) in [6, 6.07) is 11.1. The van der Waals surface area contributed by atoms with Crippen molar-refractivity contribution in [2.75, 3.05) is 37.6 Å². The highest BCUT2D eigenvalue weighted by atomic mass is 16.1. The van der Waals surface area contributed by atoms with Crippen LogP contribution in [0.2, 0.25) is 0 Å². The number of aromatic nitrogens is 1. The van der Waals surface area contributed by atoms with Crippen molar-refractivity contribution in [3.8, 4) is 0 Å². The van der Waals surface area contributed by atoms with Crippen LogP contribution < -0.4 is 10.2 Å². The summed E-state index contributed by atoms with van der Waals surface area (Å²) in [7, 11) is 0. The Bertz CT molecular complexity index is 802. The summed E-state index contributed by atoms with van der Waals surface area (Å²) in [4.78, 5) is 21.2. The Morgan fingerprint density at radius 2 is 1.86 bits per heavy atom. The standard InChI is InChI=1S/C24H34N4O/c1-2-24(29)26-20-10-8-19(9-11-20)12-14-27-15-17-28(18-16-27)23-7-3-6-22-21(23)5-4-13-25-22/h3-7,13,19-20H,2,8-12,14-18H2,1H3,(H,26,29). The van der Waals surface area contributed by atoms with Crippen molar-refractivity contribution in [2.45, 2.75) is 51.5 Å². The van der Waals surface area contributed by atoms with Crippen molar-refractivity contribution < 1.29 is 4.79 Å². The first-order chi connectivity index (χ1) is 14.2. The van der Waals surface area contributed by atoms with Gasteiger partial charge in [-0.25, -0.2) is 0 Å². The Morgan fingerprint density at radius 1 is 1.07 bits per heavy atom. The second-order valence-electron chi connectivity index (χ2n) is 8.60. The maximum atomic E-state index is 11.6. The zero-order valence-electron chi connectivity index (χ0n) is 17.6. The van der Waals surface area contributed by atoms with Gasteiger partial charge in [0.15, 0.2) is 0 Å². The lowest BCUT2D eigenvalue weighted by Gasteiger charge is -2.37. The largest absolute Gasteiger partial charge is 0.368 e. The zero-order chi connectivity index (χ0) is 20.1. The quantitative estimate of drug-likeness (QED) is 0.809. The molecule has 1 aromatic carbocycles. The van der Waals surface area contributed by atoms with Crippen molar-refractivity contribution in [3.05, 3.63) is 36.5 Å². The van der Waals surface area contributed by atoms with Crippen molar-refractivity contribution in [1.82, 2.24) is 15.2 Å². The summed E-state index contributed by atoms with van der Waals surface area (Å²) in [5, 5.41) is 4.43. The summed E-state index contributed by atoms with van der Waals surface area (Å²) in [6.45, 7) is 7.59. The van der Waals surface area contributed by atoms with Crippen LogP contribution in [-0.2, 0) is 4.79 Å². The molecule has 2 aromatic rings. The molecular weight excluding hydrogens is 360 g/mol. The SMILES string of the molecule is CCC(=O)NC1CCC(CCN2CCN(c3cccc4ncccc34)CC2)CC1.